The number of phenols is 2. The maximum Gasteiger partial charge on any atom is 0.185 e. The Balaban J connectivity index is 1.93. The number of hydrogen-bond donors (Lipinski definition) is 4. The molecule has 0 aromatic heterocycles. The predicted octanol–water partition coefficient (Wildman–Crippen LogP) is 3.54. The van der Waals surface area contributed by atoms with Gasteiger partial charge in [0, 0.05) is 30.1 Å². The molecule has 0 saturated carbocycles. The second kappa shape index (κ2) is 11.8. The van der Waals surface area contributed by atoms with Crippen LogP contribution in [0.2, 0.25) is 0 Å². The molecular weight excluding hydrogens is 543 g/mol. The monoisotopic (exact) mass is 577 g/mol. The number of likely N-dealkylation sites (N-methyl/N-ethyl adjacent to an activating group) is 1. The summed E-state index contributed by atoms with van der Waals surface area (Å²) in [5.74, 6) is 1.17. The zero-order chi connectivity index (χ0) is 27.6. The van der Waals surface area contributed by atoms with Gasteiger partial charge in [0.15, 0.2) is 29.0 Å². The summed E-state index contributed by atoms with van der Waals surface area (Å²) in [6.07, 6.45) is 4.16. The van der Waals surface area contributed by atoms with Gasteiger partial charge in [-0.05, 0) is 62.9 Å². The molecular formula is C26H35N5O4S3. The fraction of sp³-hybridized carbons (Fsp3) is 0.462. The maximum atomic E-state index is 10.4. The van der Waals surface area contributed by atoms with Crippen molar-refractivity contribution in [3.05, 3.63) is 28.8 Å². The lowest BCUT2D eigenvalue weighted by Gasteiger charge is -2.32. The molecule has 9 nitrogen and oxygen atoms in total. The average molecular weight is 578 g/mol. The molecule has 0 saturated heterocycles. The van der Waals surface area contributed by atoms with Crippen molar-refractivity contribution in [2.75, 3.05) is 54.2 Å². The minimum atomic E-state index is -0.595. The number of ether oxygens (including phenoxy) is 2. The van der Waals surface area contributed by atoms with E-state index in [4.69, 9.17) is 25.9 Å². The summed E-state index contributed by atoms with van der Waals surface area (Å²) in [5.41, 5.74) is 15.2. The van der Waals surface area contributed by atoms with Gasteiger partial charge in [-0.25, -0.2) is 0 Å². The molecule has 2 aromatic carbocycles. The molecule has 0 radical (unpaired) electrons. The number of benzene rings is 2. The minimum absolute atomic E-state index is 0.0369. The smallest absolute Gasteiger partial charge is 0.185 e. The molecule has 2 aromatic rings. The molecule has 6 N–H and O–H groups in total. The Morgan fingerprint density at radius 1 is 1.13 bits per heavy atom. The summed E-state index contributed by atoms with van der Waals surface area (Å²) in [5, 5.41) is 20.6. The molecule has 1 atom stereocenters. The van der Waals surface area contributed by atoms with Crippen molar-refractivity contribution in [3.63, 3.8) is 0 Å². The summed E-state index contributed by atoms with van der Waals surface area (Å²) in [6, 6.07) is 3.26. The molecule has 0 spiro atoms. The van der Waals surface area contributed by atoms with Gasteiger partial charge in [-0.15, -0.1) is 11.8 Å². The van der Waals surface area contributed by atoms with E-state index >= 15 is 0 Å². The number of nitrogens with two attached hydrogens (primary N) is 2. The molecule has 4 rings (SSSR count). The van der Waals surface area contributed by atoms with Crippen LogP contribution in [0.3, 0.4) is 0 Å². The Bertz CT molecular complexity index is 1280. The first-order valence-electron chi connectivity index (χ1n) is 12.2. The lowest BCUT2D eigenvalue weighted by Crippen LogP contribution is -2.35. The lowest BCUT2D eigenvalue weighted by atomic mass is 9.93. The van der Waals surface area contributed by atoms with Gasteiger partial charge >= 0.3 is 0 Å². The first-order chi connectivity index (χ1) is 18.2. The molecule has 0 fully saturated rings. The third-order valence-corrected chi connectivity index (χ3v) is 10.7. The summed E-state index contributed by atoms with van der Waals surface area (Å²) >= 11 is 5.07. The average Bonchev–Trinajstić information content (AvgIpc) is 3.26. The van der Waals surface area contributed by atoms with Crippen molar-refractivity contribution in [1.29, 1.82) is 0 Å². The summed E-state index contributed by atoms with van der Waals surface area (Å²) < 4.78 is 11.3. The van der Waals surface area contributed by atoms with E-state index in [-0.39, 0.29) is 17.5 Å². The first-order valence-corrected chi connectivity index (χ1v) is 15.0. The van der Waals surface area contributed by atoms with E-state index in [1.54, 1.807) is 61.6 Å². The zero-order valence-electron chi connectivity index (χ0n) is 22.3. The highest BCUT2D eigenvalue weighted by Crippen LogP contribution is 2.66. The van der Waals surface area contributed by atoms with E-state index in [1.807, 2.05) is 0 Å². The van der Waals surface area contributed by atoms with Crippen LogP contribution in [0.4, 0.5) is 0 Å². The van der Waals surface area contributed by atoms with Gasteiger partial charge in [0.2, 0.25) is 0 Å². The van der Waals surface area contributed by atoms with Crippen LogP contribution in [0.5, 0.6) is 23.0 Å². The molecule has 0 aliphatic carbocycles. The van der Waals surface area contributed by atoms with Gasteiger partial charge in [-0.2, -0.15) is 0 Å². The van der Waals surface area contributed by atoms with Crippen molar-refractivity contribution in [1.82, 2.24) is 4.90 Å². The van der Waals surface area contributed by atoms with E-state index < -0.39 is 4.08 Å². The van der Waals surface area contributed by atoms with Crippen molar-refractivity contribution in [2.24, 2.45) is 21.5 Å². The molecule has 2 heterocycles. The highest BCUT2D eigenvalue weighted by molar-refractivity contribution is 8.22. The topological polar surface area (TPSA) is 139 Å². The number of phenolic OH excluding ortho intramolecular Hbond substituents is 2. The number of hydrogen-bond acceptors (Lipinski definition) is 10. The van der Waals surface area contributed by atoms with Crippen LogP contribution in [0.15, 0.2) is 36.8 Å². The largest absolute Gasteiger partial charge is 0.504 e. The van der Waals surface area contributed by atoms with Crippen LogP contribution in [0.25, 0.3) is 0 Å². The molecule has 2 aliphatic heterocycles. The van der Waals surface area contributed by atoms with Gasteiger partial charge in [0.1, 0.15) is 4.08 Å². The van der Waals surface area contributed by atoms with Gasteiger partial charge < -0.3 is 36.1 Å². The predicted molar refractivity (Wildman–Crippen MR) is 158 cm³/mol. The van der Waals surface area contributed by atoms with Crippen molar-refractivity contribution >= 4 is 47.0 Å². The van der Waals surface area contributed by atoms with E-state index in [1.165, 1.54) is 5.56 Å². The van der Waals surface area contributed by atoms with E-state index in [0.717, 1.165) is 50.2 Å². The first kappa shape index (κ1) is 28.6. The standard InChI is InChI=1S/C26H35N5O4S3/c1-31(2)11-7-15-21(36-5)19(34-3)20(35-4)23-22(15)37-26(38-23,8-10-30-25(27)28)24-16-13-18(33)17(32)12-14(16)6-9-29-24/h12-13,32-33H,6-11H2,1-5H3,(H4,27,28,30). The van der Waals surface area contributed by atoms with Crippen molar-refractivity contribution < 1.29 is 19.7 Å². The van der Waals surface area contributed by atoms with Crippen LogP contribution in [0.1, 0.15) is 23.1 Å². The van der Waals surface area contributed by atoms with Crippen LogP contribution < -0.4 is 20.9 Å². The van der Waals surface area contributed by atoms with E-state index in [2.05, 4.69) is 30.2 Å². The minimum Gasteiger partial charge on any atom is -0.504 e. The summed E-state index contributed by atoms with van der Waals surface area (Å²) in [4.78, 5) is 14.7. The maximum absolute atomic E-state index is 10.4. The molecule has 0 bridgehead atoms. The van der Waals surface area contributed by atoms with Gasteiger partial charge in [-0.3, -0.25) is 9.98 Å². The van der Waals surface area contributed by atoms with E-state index in [9.17, 15) is 10.2 Å². The number of fused-ring (bicyclic) bond motifs is 2. The van der Waals surface area contributed by atoms with E-state index in [0.29, 0.717) is 31.7 Å². The molecule has 38 heavy (non-hydrogen) atoms. The quantitative estimate of drug-likeness (QED) is 0.143. The fourth-order valence-electron chi connectivity index (χ4n) is 4.78. The normalized spacial score (nSPS) is 18.1. The number of aliphatic imine (C=N–C) groups is 2. The van der Waals surface area contributed by atoms with Gasteiger partial charge in [0.05, 0.1) is 29.7 Å². The number of guanidine groups is 1. The second-order valence-corrected chi connectivity index (χ2v) is 13.0. The highest BCUT2D eigenvalue weighted by atomic mass is 32.2. The van der Waals surface area contributed by atoms with Crippen LogP contribution >= 0.6 is 35.3 Å². The van der Waals surface area contributed by atoms with Gasteiger partial charge in [0.25, 0.3) is 0 Å². The van der Waals surface area contributed by atoms with Crippen molar-refractivity contribution in [2.45, 2.75) is 38.0 Å². The third-order valence-electron chi connectivity index (χ3n) is 6.53. The number of nitrogens with zero attached hydrogens (tertiary/aromatic N) is 3. The zero-order valence-corrected chi connectivity index (χ0v) is 24.8. The Kier molecular flexibility index (Phi) is 8.85. The number of methoxy groups -OCH3 is 2. The Labute approximate surface area is 236 Å². The Hall–Kier alpha value is -2.41. The molecule has 2 aliphatic rings. The molecule has 12 heteroatoms. The summed E-state index contributed by atoms with van der Waals surface area (Å²) in [7, 11) is 7.48. The molecule has 206 valence electrons. The van der Waals surface area contributed by atoms with Crippen LogP contribution in [0, 0.1) is 0 Å². The summed E-state index contributed by atoms with van der Waals surface area (Å²) in [6.45, 7) is 1.85. The molecule has 0 amide bonds. The second-order valence-electron chi connectivity index (χ2n) is 9.28. The SMILES string of the molecule is COc1c(OC)c2c(c(CCN(C)C)c1SC)SC(CCN=C(N)N)(C1=NCCc3cc(O)c(O)cc31)S2. The highest BCUT2D eigenvalue weighted by Gasteiger charge is 2.48. The van der Waals surface area contributed by atoms with Crippen molar-refractivity contribution in [3.8, 4) is 23.0 Å². The molecule has 1 unspecified atom stereocenters. The number of thioether (sulfide) groups is 3. The lowest BCUT2D eigenvalue weighted by molar-refractivity contribution is 0.336. The Morgan fingerprint density at radius 3 is 2.45 bits per heavy atom. The fourth-order valence-corrected chi connectivity index (χ4v) is 9.16. The number of rotatable bonds is 10. The third kappa shape index (κ3) is 5.36. The Morgan fingerprint density at radius 2 is 1.82 bits per heavy atom. The van der Waals surface area contributed by atoms with Gasteiger partial charge in [-0.1, -0.05) is 23.5 Å². The van der Waals surface area contributed by atoms with Crippen LogP contribution in [-0.4, -0.2) is 85.1 Å². The number of aromatic hydroxyl groups is 2. The van der Waals surface area contributed by atoms with Crippen LogP contribution in [-0.2, 0) is 12.8 Å².